The summed E-state index contributed by atoms with van der Waals surface area (Å²) in [5.41, 5.74) is 5.63. The third-order valence-electron chi connectivity index (χ3n) is 3.13. The second-order valence-corrected chi connectivity index (χ2v) is 5.28. The lowest BCUT2D eigenvalue weighted by Gasteiger charge is -2.10. The van der Waals surface area contributed by atoms with E-state index in [1.807, 2.05) is 0 Å². The second kappa shape index (κ2) is 10.2. The molecule has 3 N–H and O–H groups in total. The molecule has 11 heteroatoms. The summed E-state index contributed by atoms with van der Waals surface area (Å²) >= 11 is 0. The molecule has 2 aromatic rings. The lowest BCUT2D eigenvalue weighted by molar-refractivity contribution is -0.274. The summed E-state index contributed by atoms with van der Waals surface area (Å²) < 4.78 is 77.3. The van der Waals surface area contributed by atoms with Crippen LogP contribution in [0.3, 0.4) is 0 Å². The first-order valence-electron chi connectivity index (χ1n) is 7.62. The van der Waals surface area contributed by atoms with Crippen LogP contribution >= 0.6 is 24.0 Å². The predicted octanol–water partition coefficient (Wildman–Crippen LogP) is 5.00. The summed E-state index contributed by atoms with van der Waals surface area (Å²) in [6.45, 7) is -0.0326. The highest BCUT2D eigenvalue weighted by Gasteiger charge is 2.31. The van der Waals surface area contributed by atoms with Gasteiger partial charge in [-0.25, -0.2) is 4.99 Å². The van der Waals surface area contributed by atoms with Crippen molar-refractivity contribution in [2.75, 3.05) is 11.9 Å². The van der Waals surface area contributed by atoms with E-state index in [0.29, 0.717) is 11.3 Å². The van der Waals surface area contributed by atoms with Gasteiger partial charge in [-0.2, -0.15) is 13.2 Å². The zero-order chi connectivity index (χ0) is 20.8. The maximum atomic E-state index is 12.5. The number of anilines is 1. The number of nitrogens with two attached hydrogens (primary N) is 1. The molecule has 0 heterocycles. The van der Waals surface area contributed by atoms with Crippen molar-refractivity contribution < 1.29 is 31.1 Å². The Kier molecular flexibility index (Phi) is 8.62. The molecule has 0 fully saturated rings. The monoisotopic (exact) mass is 529 g/mol. The quantitative estimate of drug-likeness (QED) is 0.194. The van der Waals surface area contributed by atoms with Gasteiger partial charge in [0.05, 0.1) is 5.56 Å². The summed E-state index contributed by atoms with van der Waals surface area (Å²) in [5.74, 6) is 4.85. The van der Waals surface area contributed by atoms with Gasteiger partial charge in [0, 0.05) is 11.3 Å². The minimum atomic E-state index is -4.78. The fraction of sp³-hybridized carbons (Fsp3) is 0.167. The van der Waals surface area contributed by atoms with E-state index < -0.39 is 18.1 Å². The van der Waals surface area contributed by atoms with Gasteiger partial charge in [0.1, 0.15) is 12.3 Å². The second-order valence-electron chi connectivity index (χ2n) is 5.28. The number of alkyl halides is 6. The Morgan fingerprint density at radius 1 is 0.966 bits per heavy atom. The fourth-order valence-electron chi connectivity index (χ4n) is 1.94. The van der Waals surface area contributed by atoms with E-state index in [-0.39, 0.29) is 42.2 Å². The van der Waals surface area contributed by atoms with E-state index in [1.54, 1.807) is 0 Å². The minimum absolute atomic E-state index is 0. The molecule has 0 atom stereocenters. The van der Waals surface area contributed by atoms with Gasteiger partial charge < -0.3 is 15.8 Å². The van der Waals surface area contributed by atoms with Crippen LogP contribution in [0.4, 0.5) is 32.0 Å². The molecule has 0 amide bonds. The molecule has 0 saturated carbocycles. The van der Waals surface area contributed by atoms with Gasteiger partial charge in [-0.05, 0) is 48.5 Å². The highest BCUT2D eigenvalue weighted by molar-refractivity contribution is 14.0. The Balaban J connectivity index is 0.00000420. The average molecular weight is 529 g/mol. The predicted molar refractivity (Wildman–Crippen MR) is 107 cm³/mol. The van der Waals surface area contributed by atoms with Crippen LogP contribution in [0.2, 0.25) is 0 Å². The molecular weight excluding hydrogens is 515 g/mol. The zero-order valence-corrected chi connectivity index (χ0v) is 16.8. The number of hydrogen-bond donors (Lipinski definition) is 2. The van der Waals surface area contributed by atoms with Crippen LogP contribution in [-0.2, 0) is 6.18 Å². The van der Waals surface area contributed by atoms with E-state index in [0.717, 1.165) is 24.3 Å². The Morgan fingerprint density at radius 3 is 2.07 bits per heavy atom. The molecule has 0 saturated heterocycles. The van der Waals surface area contributed by atoms with Crippen molar-refractivity contribution in [1.82, 2.24) is 0 Å². The number of rotatable bonds is 3. The van der Waals surface area contributed by atoms with Gasteiger partial charge >= 0.3 is 12.5 Å². The van der Waals surface area contributed by atoms with Crippen molar-refractivity contribution in [3.8, 4) is 17.6 Å². The SMILES string of the molecule is I.NC(=NCC#Cc1ccc(C(F)(F)F)cc1)Nc1ccc(OC(F)(F)F)cc1. The molecule has 156 valence electrons. The number of hydrogen-bond acceptors (Lipinski definition) is 2. The van der Waals surface area contributed by atoms with Crippen LogP contribution in [-0.4, -0.2) is 18.9 Å². The first-order valence-corrected chi connectivity index (χ1v) is 7.62. The number of ether oxygens (including phenoxy) is 1. The van der Waals surface area contributed by atoms with Crippen molar-refractivity contribution in [2.45, 2.75) is 12.5 Å². The first-order chi connectivity index (χ1) is 13.0. The molecule has 0 aliphatic heterocycles. The van der Waals surface area contributed by atoms with Gasteiger partial charge in [-0.15, -0.1) is 37.1 Å². The van der Waals surface area contributed by atoms with Crippen molar-refractivity contribution in [2.24, 2.45) is 10.7 Å². The lowest BCUT2D eigenvalue weighted by Crippen LogP contribution is -2.22. The number of aliphatic imine (C=N–C) groups is 1. The van der Waals surface area contributed by atoms with E-state index in [9.17, 15) is 26.3 Å². The standard InChI is InChI=1S/C18H13F6N3O.HI/c19-17(20,21)13-5-3-12(4-6-13)2-1-11-26-16(25)27-14-7-9-15(10-8-14)28-18(22,23)24;/h3-10H,11H2,(H3,25,26,27);1H. The van der Waals surface area contributed by atoms with Crippen LogP contribution in [0.25, 0.3) is 0 Å². The lowest BCUT2D eigenvalue weighted by atomic mass is 10.1. The highest BCUT2D eigenvalue weighted by Crippen LogP contribution is 2.29. The average Bonchev–Trinajstić information content (AvgIpc) is 2.59. The van der Waals surface area contributed by atoms with Gasteiger partial charge in [-0.1, -0.05) is 11.8 Å². The van der Waals surface area contributed by atoms with Crippen LogP contribution in [0, 0.1) is 11.8 Å². The number of nitrogens with zero attached hydrogens (tertiary/aromatic N) is 1. The summed E-state index contributed by atoms with van der Waals surface area (Å²) in [4.78, 5) is 3.89. The summed E-state index contributed by atoms with van der Waals surface area (Å²) in [6, 6.07) is 9.18. The molecule has 2 rings (SSSR count). The van der Waals surface area contributed by atoms with Gasteiger partial charge in [0.15, 0.2) is 5.96 Å². The fourth-order valence-corrected chi connectivity index (χ4v) is 1.94. The summed E-state index contributed by atoms with van der Waals surface area (Å²) in [7, 11) is 0. The third-order valence-corrected chi connectivity index (χ3v) is 3.13. The van der Waals surface area contributed by atoms with Crippen molar-refractivity contribution in [3.63, 3.8) is 0 Å². The van der Waals surface area contributed by atoms with E-state index >= 15 is 0 Å². The van der Waals surface area contributed by atoms with Crippen LogP contribution in [0.1, 0.15) is 11.1 Å². The number of benzene rings is 2. The van der Waals surface area contributed by atoms with Gasteiger partial charge in [-0.3, -0.25) is 0 Å². The molecule has 0 aliphatic carbocycles. The molecule has 29 heavy (non-hydrogen) atoms. The van der Waals surface area contributed by atoms with Crippen molar-refractivity contribution in [1.29, 1.82) is 0 Å². The van der Waals surface area contributed by atoms with Crippen LogP contribution in [0.15, 0.2) is 53.5 Å². The number of halogens is 7. The van der Waals surface area contributed by atoms with E-state index in [4.69, 9.17) is 5.73 Å². The molecule has 0 aliphatic rings. The molecule has 4 nitrogen and oxygen atoms in total. The third kappa shape index (κ3) is 8.95. The molecular formula is C18H14F6IN3O. The Morgan fingerprint density at radius 2 is 1.55 bits per heavy atom. The summed E-state index contributed by atoms with van der Waals surface area (Å²) in [5, 5.41) is 2.65. The van der Waals surface area contributed by atoms with Crippen LogP contribution < -0.4 is 15.8 Å². The maximum Gasteiger partial charge on any atom is 0.573 e. The molecule has 2 aromatic carbocycles. The normalized spacial score (nSPS) is 11.7. The molecule has 0 radical (unpaired) electrons. The Bertz CT molecular complexity index is 882. The molecule has 0 spiro atoms. The highest BCUT2D eigenvalue weighted by atomic mass is 127. The number of nitrogens with one attached hydrogen (secondary N) is 1. The topological polar surface area (TPSA) is 59.6 Å². The van der Waals surface area contributed by atoms with Crippen LogP contribution in [0.5, 0.6) is 5.75 Å². The summed E-state index contributed by atoms with van der Waals surface area (Å²) in [6.07, 6.45) is -9.19. The van der Waals surface area contributed by atoms with Gasteiger partial charge in [0.25, 0.3) is 0 Å². The Labute approximate surface area is 179 Å². The van der Waals surface area contributed by atoms with E-state index in [2.05, 4.69) is 26.9 Å². The maximum absolute atomic E-state index is 12.5. The first kappa shape index (κ1) is 24.4. The molecule has 0 bridgehead atoms. The molecule has 0 aromatic heterocycles. The van der Waals surface area contributed by atoms with E-state index in [1.165, 1.54) is 24.3 Å². The Hall–Kier alpha value is -2.62. The minimum Gasteiger partial charge on any atom is -0.406 e. The largest absolute Gasteiger partial charge is 0.573 e. The smallest absolute Gasteiger partial charge is 0.406 e. The molecule has 0 unspecified atom stereocenters. The zero-order valence-electron chi connectivity index (χ0n) is 14.4. The van der Waals surface area contributed by atoms with Crippen molar-refractivity contribution in [3.05, 3.63) is 59.7 Å². The van der Waals surface area contributed by atoms with Crippen molar-refractivity contribution >= 4 is 35.6 Å². The van der Waals surface area contributed by atoms with Gasteiger partial charge in [0.2, 0.25) is 0 Å². The number of guanidine groups is 1.